The monoisotopic (exact) mass is 277 g/mol. The summed E-state index contributed by atoms with van der Waals surface area (Å²) in [6.07, 6.45) is 2.97. The van der Waals surface area contributed by atoms with Crippen molar-refractivity contribution in [2.75, 3.05) is 12.8 Å². The van der Waals surface area contributed by atoms with Gasteiger partial charge in [0.05, 0.1) is 25.1 Å². The fourth-order valence-corrected chi connectivity index (χ4v) is 1.49. The summed E-state index contributed by atoms with van der Waals surface area (Å²) in [6.45, 7) is 3.78. The average Bonchev–Trinajstić information content (AvgIpc) is 2.79. The molecule has 2 N–H and O–H groups in total. The first-order chi connectivity index (χ1) is 9.51. The van der Waals surface area contributed by atoms with Crippen LogP contribution in [0.5, 0.6) is 5.88 Å². The Kier molecular flexibility index (Phi) is 3.83. The van der Waals surface area contributed by atoms with E-state index in [4.69, 9.17) is 10.5 Å². The predicted molar refractivity (Wildman–Crippen MR) is 70.7 cm³/mol. The summed E-state index contributed by atoms with van der Waals surface area (Å²) in [5, 5.41) is 4.01. The molecule has 0 bridgehead atoms. The molecule has 2 aromatic rings. The first-order valence-corrected chi connectivity index (χ1v) is 5.94. The molecular weight excluding hydrogens is 262 g/mol. The van der Waals surface area contributed by atoms with Crippen LogP contribution < -0.4 is 10.5 Å². The fourth-order valence-electron chi connectivity index (χ4n) is 1.49. The van der Waals surface area contributed by atoms with Crippen molar-refractivity contribution in [1.29, 1.82) is 0 Å². The van der Waals surface area contributed by atoms with Gasteiger partial charge in [-0.05, 0) is 13.8 Å². The van der Waals surface area contributed by atoms with E-state index in [1.165, 1.54) is 24.2 Å². The number of aromatic nitrogens is 4. The van der Waals surface area contributed by atoms with Crippen molar-refractivity contribution in [3.05, 3.63) is 24.2 Å². The van der Waals surface area contributed by atoms with E-state index in [-0.39, 0.29) is 23.4 Å². The minimum absolute atomic E-state index is 0.00827. The molecule has 8 nitrogen and oxygen atoms in total. The van der Waals surface area contributed by atoms with Gasteiger partial charge in [-0.3, -0.25) is 0 Å². The van der Waals surface area contributed by atoms with Crippen molar-refractivity contribution < 1.29 is 14.3 Å². The van der Waals surface area contributed by atoms with E-state index in [9.17, 15) is 4.79 Å². The first kappa shape index (κ1) is 13.8. The van der Waals surface area contributed by atoms with Crippen LogP contribution in [0.3, 0.4) is 0 Å². The number of methoxy groups -OCH3 is 1. The molecule has 0 aliphatic heterocycles. The molecule has 0 aromatic carbocycles. The minimum atomic E-state index is -0.615. The van der Waals surface area contributed by atoms with Crippen LogP contribution in [0, 0.1) is 0 Å². The number of nitrogens with two attached hydrogens (primary N) is 1. The second-order valence-electron chi connectivity index (χ2n) is 4.23. The van der Waals surface area contributed by atoms with Crippen molar-refractivity contribution in [1.82, 2.24) is 19.7 Å². The summed E-state index contributed by atoms with van der Waals surface area (Å²) < 4.78 is 11.3. The summed E-state index contributed by atoms with van der Waals surface area (Å²) in [6, 6.07) is 1.64. The fraction of sp³-hybridized carbons (Fsp3) is 0.333. The molecule has 2 heterocycles. The molecule has 0 unspecified atom stereocenters. The number of hydrogen-bond acceptors (Lipinski definition) is 7. The van der Waals surface area contributed by atoms with Crippen molar-refractivity contribution in [3.63, 3.8) is 0 Å². The highest BCUT2D eigenvalue weighted by Gasteiger charge is 2.17. The lowest BCUT2D eigenvalue weighted by molar-refractivity contribution is 0.0594. The van der Waals surface area contributed by atoms with Gasteiger partial charge in [0.25, 0.3) is 5.95 Å². The van der Waals surface area contributed by atoms with Crippen molar-refractivity contribution in [2.24, 2.45) is 0 Å². The zero-order chi connectivity index (χ0) is 14.7. The van der Waals surface area contributed by atoms with E-state index in [2.05, 4.69) is 19.8 Å². The SMILES string of the molecule is COC(=O)c1nn(-c2nccc(OC(C)C)n2)cc1N. The number of nitrogens with zero attached hydrogens (tertiary/aromatic N) is 4. The Morgan fingerprint density at radius 2 is 2.20 bits per heavy atom. The Labute approximate surface area is 115 Å². The van der Waals surface area contributed by atoms with Gasteiger partial charge in [0.1, 0.15) is 0 Å². The number of esters is 1. The Morgan fingerprint density at radius 1 is 1.45 bits per heavy atom. The van der Waals surface area contributed by atoms with E-state index in [1.54, 1.807) is 6.07 Å². The predicted octanol–water partition coefficient (Wildman–Crippen LogP) is 0.818. The summed E-state index contributed by atoms with van der Waals surface area (Å²) in [7, 11) is 1.26. The third kappa shape index (κ3) is 2.85. The summed E-state index contributed by atoms with van der Waals surface area (Å²) in [5.41, 5.74) is 5.91. The smallest absolute Gasteiger partial charge is 0.360 e. The summed E-state index contributed by atoms with van der Waals surface area (Å²) >= 11 is 0. The van der Waals surface area contributed by atoms with Crippen LogP contribution in [0.4, 0.5) is 5.69 Å². The Morgan fingerprint density at radius 3 is 2.85 bits per heavy atom. The van der Waals surface area contributed by atoms with Crippen molar-refractivity contribution in [3.8, 4) is 11.8 Å². The lowest BCUT2D eigenvalue weighted by atomic mass is 10.4. The molecule has 0 atom stereocenters. The zero-order valence-corrected chi connectivity index (χ0v) is 11.4. The highest BCUT2D eigenvalue weighted by molar-refractivity contribution is 5.92. The molecule has 20 heavy (non-hydrogen) atoms. The number of anilines is 1. The van der Waals surface area contributed by atoms with Gasteiger partial charge in [0.2, 0.25) is 5.88 Å². The van der Waals surface area contributed by atoms with Crippen molar-refractivity contribution in [2.45, 2.75) is 20.0 Å². The molecule has 2 rings (SSSR count). The molecule has 0 fully saturated rings. The van der Waals surface area contributed by atoms with Crippen LogP contribution in [-0.4, -0.2) is 38.9 Å². The Balaban J connectivity index is 2.34. The largest absolute Gasteiger partial charge is 0.475 e. The zero-order valence-electron chi connectivity index (χ0n) is 11.4. The Bertz CT molecular complexity index is 623. The van der Waals surface area contributed by atoms with Gasteiger partial charge in [0.15, 0.2) is 5.69 Å². The van der Waals surface area contributed by atoms with Gasteiger partial charge in [-0.25, -0.2) is 14.5 Å². The number of carbonyl (C=O) groups excluding carboxylic acids is 1. The first-order valence-electron chi connectivity index (χ1n) is 5.94. The third-order valence-corrected chi connectivity index (χ3v) is 2.30. The van der Waals surface area contributed by atoms with Gasteiger partial charge in [0, 0.05) is 12.3 Å². The van der Waals surface area contributed by atoms with Gasteiger partial charge in [-0.15, -0.1) is 0 Å². The molecule has 0 saturated heterocycles. The van der Waals surface area contributed by atoms with Gasteiger partial charge < -0.3 is 15.2 Å². The highest BCUT2D eigenvalue weighted by Crippen LogP contribution is 2.15. The van der Waals surface area contributed by atoms with Gasteiger partial charge in [-0.2, -0.15) is 10.1 Å². The molecule has 8 heteroatoms. The third-order valence-electron chi connectivity index (χ3n) is 2.30. The van der Waals surface area contributed by atoms with Crippen LogP contribution >= 0.6 is 0 Å². The van der Waals surface area contributed by atoms with E-state index >= 15 is 0 Å². The van der Waals surface area contributed by atoms with Gasteiger partial charge >= 0.3 is 5.97 Å². The van der Waals surface area contributed by atoms with Crippen LogP contribution in [0.15, 0.2) is 18.5 Å². The molecule has 106 valence electrons. The second kappa shape index (κ2) is 5.55. The van der Waals surface area contributed by atoms with Crippen LogP contribution in [0.1, 0.15) is 24.3 Å². The number of ether oxygens (including phenoxy) is 2. The lowest BCUT2D eigenvalue weighted by Crippen LogP contribution is -2.10. The van der Waals surface area contributed by atoms with Crippen LogP contribution in [0.25, 0.3) is 5.95 Å². The molecule has 0 amide bonds. The number of nitrogen functional groups attached to an aromatic ring is 1. The maximum absolute atomic E-state index is 11.4. The standard InChI is InChI=1S/C12H15N5O3/c1-7(2)20-9-4-5-14-12(15-9)17-6-8(13)10(16-17)11(18)19-3/h4-7H,13H2,1-3H3. The molecule has 0 radical (unpaired) electrons. The quantitative estimate of drug-likeness (QED) is 0.824. The topological polar surface area (TPSA) is 105 Å². The molecule has 0 saturated carbocycles. The molecule has 0 aliphatic carbocycles. The van der Waals surface area contributed by atoms with E-state index < -0.39 is 5.97 Å². The average molecular weight is 277 g/mol. The molecule has 0 spiro atoms. The Hall–Kier alpha value is -2.64. The van der Waals surface area contributed by atoms with Crippen LogP contribution in [0.2, 0.25) is 0 Å². The lowest BCUT2D eigenvalue weighted by Gasteiger charge is -2.08. The maximum atomic E-state index is 11.4. The second-order valence-corrected chi connectivity index (χ2v) is 4.23. The summed E-state index contributed by atoms with van der Waals surface area (Å²) in [4.78, 5) is 19.7. The summed E-state index contributed by atoms with van der Waals surface area (Å²) in [5.74, 6) is 0.0551. The van der Waals surface area contributed by atoms with Crippen LogP contribution in [-0.2, 0) is 4.74 Å². The van der Waals surface area contributed by atoms with E-state index in [0.717, 1.165) is 0 Å². The van der Waals surface area contributed by atoms with E-state index in [1.807, 2.05) is 13.8 Å². The number of carbonyl (C=O) groups is 1. The maximum Gasteiger partial charge on any atom is 0.360 e. The molecular formula is C12H15N5O3. The van der Waals surface area contributed by atoms with Crippen molar-refractivity contribution >= 4 is 11.7 Å². The number of rotatable bonds is 4. The van der Waals surface area contributed by atoms with Gasteiger partial charge in [-0.1, -0.05) is 0 Å². The van der Waals surface area contributed by atoms with E-state index in [0.29, 0.717) is 5.88 Å². The normalized spacial score (nSPS) is 10.6. The minimum Gasteiger partial charge on any atom is -0.475 e. The molecule has 0 aliphatic rings. The highest BCUT2D eigenvalue weighted by atomic mass is 16.5. The number of hydrogen-bond donors (Lipinski definition) is 1. The molecule has 2 aromatic heterocycles.